The third-order valence-corrected chi connectivity index (χ3v) is 4.64. The van der Waals surface area contributed by atoms with Gasteiger partial charge in [-0.25, -0.2) is 4.98 Å². The van der Waals surface area contributed by atoms with Crippen LogP contribution >= 0.6 is 0 Å². The van der Waals surface area contributed by atoms with Crippen LogP contribution in [0.1, 0.15) is 43.9 Å². The van der Waals surface area contributed by atoms with E-state index in [1.807, 2.05) is 6.07 Å². The third-order valence-electron chi connectivity index (χ3n) is 4.64. The maximum absolute atomic E-state index is 5.84. The van der Waals surface area contributed by atoms with Crippen molar-refractivity contribution in [3.05, 3.63) is 24.1 Å². The highest BCUT2D eigenvalue weighted by Gasteiger charge is 2.29. The van der Waals surface area contributed by atoms with Crippen LogP contribution in [0.25, 0.3) is 11.1 Å². The Kier molecular flexibility index (Phi) is 2.91. The summed E-state index contributed by atoms with van der Waals surface area (Å²) in [6.07, 6.45) is 6.17. The molecule has 2 unspecified atom stereocenters. The summed E-state index contributed by atoms with van der Waals surface area (Å²) in [5.41, 5.74) is 8.86. The largest absolute Gasteiger partial charge is 0.440 e. The summed E-state index contributed by atoms with van der Waals surface area (Å²) in [6, 6.07) is 6.74. The lowest BCUT2D eigenvalue weighted by atomic mass is 10.0. The summed E-state index contributed by atoms with van der Waals surface area (Å²) in [5.74, 6) is 2.08. The molecule has 2 aromatic rings. The highest BCUT2D eigenvalue weighted by atomic mass is 16.3. The predicted octanol–water partition coefficient (Wildman–Crippen LogP) is 3.24. The molecule has 2 aliphatic carbocycles. The summed E-state index contributed by atoms with van der Waals surface area (Å²) in [6.45, 7) is 0.774. The minimum atomic E-state index is 0.507. The molecule has 0 spiro atoms. The zero-order valence-corrected chi connectivity index (χ0v) is 11.6. The number of fused-ring (bicyclic) bond motifs is 1. The molecule has 0 saturated heterocycles. The van der Waals surface area contributed by atoms with Crippen molar-refractivity contribution in [2.24, 2.45) is 11.7 Å². The van der Waals surface area contributed by atoms with E-state index in [4.69, 9.17) is 10.2 Å². The van der Waals surface area contributed by atoms with Gasteiger partial charge in [0.1, 0.15) is 5.52 Å². The lowest BCUT2D eigenvalue weighted by Crippen LogP contribution is -2.29. The Bertz CT molecular complexity index is 617. The molecular formula is C16H21N3O. The number of nitrogens with zero attached hydrogens (tertiary/aromatic N) is 1. The molecule has 1 aromatic heterocycles. The molecule has 4 heteroatoms. The molecule has 4 rings (SSSR count). The fourth-order valence-electron chi connectivity index (χ4n) is 3.26. The Morgan fingerprint density at radius 3 is 2.95 bits per heavy atom. The van der Waals surface area contributed by atoms with Gasteiger partial charge in [-0.1, -0.05) is 6.42 Å². The zero-order valence-electron chi connectivity index (χ0n) is 11.6. The van der Waals surface area contributed by atoms with Crippen molar-refractivity contribution < 1.29 is 4.42 Å². The number of anilines is 1. The molecule has 106 valence electrons. The second-order valence-corrected chi connectivity index (χ2v) is 6.19. The van der Waals surface area contributed by atoms with Gasteiger partial charge in [-0.2, -0.15) is 0 Å². The van der Waals surface area contributed by atoms with E-state index in [0.717, 1.165) is 29.2 Å². The molecule has 2 aliphatic rings. The first-order chi connectivity index (χ1) is 9.83. The van der Waals surface area contributed by atoms with Gasteiger partial charge in [0, 0.05) is 17.6 Å². The maximum atomic E-state index is 5.84. The Morgan fingerprint density at radius 1 is 1.25 bits per heavy atom. The fraction of sp³-hybridized carbons (Fsp3) is 0.562. The molecule has 2 saturated carbocycles. The summed E-state index contributed by atoms with van der Waals surface area (Å²) in [7, 11) is 0. The second-order valence-electron chi connectivity index (χ2n) is 6.19. The number of hydrogen-bond acceptors (Lipinski definition) is 4. The van der Waals surface area contributed by atoms with Crippen LogP contribution in [0.15, 0.2) is 22.6 Å². The van der Waals surface area contributed by atoms with Gasteiger partial charge in [0.2, 0.25) is 0 Å². The predicted molar refractivity (Wildman–Crippen MR) is 79.8 cm³/mol. The average Bonchev–Trinajstić information content (AvgIpc) is 3.07. The van der Waals surface area contributed by atoms with E-state index in [9.17, 15) is 0 Å². The lowest BCUT2D eigenvalue weighted by Gasteiger charge is -2.20. The molecule has 0 radical (unpaired) electrons. The molecule has 2 atom stereocenters. The zero-order chi connectivity index (χ0) is 13.5. The highest BCUT2D eigenvalue weighted by Crippen LogP contribution is 2.40. The fourth-order valence-corrected chi connectivity index (χ4v) is 3.26. The minimum Gasteiger partial charge on any atom is -0.440 e. The van der Waals surface area contributed by atoms with Crippen LogP contribution in [0.3, 0.4) is 0 Å². The van der Waals surface area contributed by atoms with E-state index in [1.54, 1.807) is 0 Å². The Balaban J connectivity index is 1.57. The Labute approximate surface area is 118 Å². The minimum absolute atomic E-state index is 0.507. The molecule has 1 aromatic carbocycles. The van der Waals surface area contributed by atoms with Crippen LogP contribution < -0.4 is 11.1 Å². The standard InChI is InChI=1S/C16H21N3O/c17-9-11-2-1-3-13(11)18-12-6-7-15-14(8-12)19-16(20-15)10-4-5-10/h6-8,10-11,13,18H,1-5,9,17H2. The van der Waals surface area contributed by atoms with Gasteiger partial charge >= 0.3 is 0 Å². The van der Waals surface area contributed by atoms with Crippen LogP contribution in [0, 0.1) is 5.92 Å². The number of hydrogen-bond donors (Lipinski definition) is 2. The highest BCUT2D eigenvalue weighted by molar-refractivity contribution is 5.77. The van der Waals surface area contributed by atoms with Gasteiger partial charge in [0.15, 0.2) is 11.5 Å². The van der Waals surface area contributed by atoms with Gasteiger partial charge in [0.05, 0.1) is 0 Å². The molecule has 0 bridgehead atoms. The van der Waals surface area contributed by atoms with Crippen LogP contribution in [0.2, 0.25) is 0 Å². The van der Waals surface area contributed by atoms with E-state index >= 15 is 0 Å². The first kappa shape index (κ1) is 12.2. The summed E-state index contributed by atoms with van der Waals surface area (Å²) in [4.78, 5) is 4.62. The van der Waals surface area contributed by atoms with E-state index < -0.39 is 0 Å². The quantitative estimate of drug-likeness (QED) is 0.896. The summed E-state index contributed by atoms with van der Waals surface area (Å²) >= 11 is 0. The third kappa shape index (κ3) is 2.18. The Hall–Kier alpha value is -1.55. The summed E-state index contributed by atoms with van der Waals surface area (Å²) in [5, 5.41) is 3.63. The molecule has 1 heterocycles. The van der Waals surface area contributed by atoms with Crippen LogP contribution in [0.4, 0.5) is 5.69 Å². The first-order valence-electron chi connectivity index (χ1n) is 7.70. The van der Waals surface area contributed by atoms with E-state index in [2.05, 4.69) is 22.4 Å². The van der Waals surface area contributed by atoms with Gasteiger partial charge in [0.25, 0.3) is 0 Å². The number of benzene rings is 1. The van der Waals surface area contributed by atoms with Crippen LogP contribution in [-0.4, -0.2) is 17.6 Å². The van der Waals surface area contributed by atoms with E-state index in [1.165, 1.54) is 32.1 Å². The van der Waals surface area contributed by atoms with E-state index in [0.29, 0.717) is 17.9 Å². The van der Waals surface area contributed by atoms with Crippen molar-refractivity contribution in [2.45, 2.75) is 44.1 Å². The topological polar surface area (TPSA) is 64.1 Å². The lowest BCUT2D eigenvalue weighted by molar-refractivity contribution is 0.516. The monoisotopic (exact) mass is 271 g/mol. The van der Waals surface area contributed by atoms with Crippen molar-refractivity contribution in [3.63, 3.8) is 0 Å². The molecule has 0 amide bonds. The number of nitrogens with one attached hydrogen (secondary N) is 1. The molecule has 0 aliphatic heterocycles. The number of rotatable bonds is 4. The first-order valence-corrected chi connectivity index (χ1v) is 7.70. The molecule has 3 N–H and O–H groups in total. The van der Waals surface area contributed by atoms with Gasteiger partial charge < -0.3 is 15.5 Å². The van der Waals surface area contributed by atoms with Gasteiger partial charge in [-0.15, -0.1) is 0 Å². The van der Waals surface area contributed by atoms with Crippen molar-refractivity contribution >= 4 is 16.8 Å². The van der Waals surface area contributed by atoms with Crippen molar-refractivity contribution in [2.75, 3.05) is 11.9 Å². The second kappa shape index (κ2) is 4.77. The molecule has 20 heavy (non-hydrogen) atoms. The van der Waals surface area contributed by atoms with Crippen molar-refractivity contribution in [3.8, 4) is 0 Å². The maximum Gasteiger partial charge on any atom is 0.198 e. The SMILES string of the molecule is NCC1CCCC1Nc1ccc2oc(C3CC3)nc2c1. The molecule has 2 fully saturated rings. The van der Waals surface area contributed by atoms with Gasteiger partial charge in [-0.3, -0.25) is 0 Å². The number of nitrogens with two attached hydrogens (primary N) is 1. The molecular weight excluding hydrogens is 250 g/mol. The van der Waals surface area contributed by atoms with Crippen molar-refractivity contribution in [1.82, 2.24) is 4.98 Å². The molecule has 4 nitrogen and oxygen atoms in total. The number of oxazole rings is 1. The Morgan fingerprint density at radius 2 is 2.15 bits per heavy atom. The number of aromatic nitrogens is 1. The smallest absolute Gasteiger partial charge is 0.198 e. The van der Waals surface area contributed by atoms with Crippen molar-refractivity contribution in [1.29, 1.82) is 0 Å². The average molecular weight is 271 g/mol. The van der Waals surface area contributed by atoms with E-state index in [-0.39, 0.29) is 0 Å². The van der Waals surface area contributed by atoms with Gasteiger partial charge in [-0.05, 0) is 56.3 Å². The van der Waals surface area contributed by atoms with Crippen LogP contribution in [-0.2, 0) is 0 Å². The van der Waals surface area contributed by atoms with Crippen LogP contribution in [0.5, 0.6) is 0 Å². The normalized spacial score (nSPS) is 26.2. The summed E-state index contributed by atoms with van der Waals surface area (Å²) < 4.78 is 5.80.